The fraction of sp³-hybridized carbons (Fsp3) is 0.188. The molecule has 2 N–H and O–H groups in total. The Bertz CT molecular complexity index is 683. The van der Waals surface area contributed by atoms with Crippen molar-refractivity contribution in [1.29, 1.82) is 0 Å². The standard InChI is InChI=1S/C16H14FNO3/c1-11(15-5-3-9-21-15)18-16(20)13-7-6-12(4-2-8-19)10-14(13)17/h3,5-7,9-11,19H,8H2,1H3,(H,18,20). The Kier molecular flexibility index (Phi) is 4.75. The van der Waals surface area contributed by atoms with E-state index in [1.807, 2.05) is 0 Å². The molecule has 1 heterocycles. The molecule has 0 aliphatic carbocycles. The molecule has 0 saturated carbocycles. The van der Waals surface area contributed by atoms with Crippen LogP contribution in [0.5, 0.6) is 0 Å². The minimum atomic E-state index is -0.663. The first-order valence-electron chi connectivity index (χ1n) is 6.35. The third-order valence-corrected chi connectivity index (χ3v) is 2.84. The summed E-state index contributed by atoms with van der Waals surface area (Å²) in [7, 11) is 0. The van der Waals surface area contributed by atoms with E-state index in [-0.39, 0.29) is 18.2 Å². The van der Waals surface area contributed by atoms with Crippen molar-refractivity contribution < 1.29 is 18.7 Å². The van der Waals surface area contributed by atoms with Crippen LogP contribution in [-0.2, 0) is 0 Å². The van der Waals surface area contributed by atoms with E-state index < -0.39 is 11.7 Å². The van der Waals surface area contributed by atoms with Crippen LogP contribution < -0.4 is 5.32 Å². The summed E-state index contributed by atoms with van der Waals surface area (Å²) in [5, 5.41) is 11.2. The van der Waals surface area contributed by atoms with Gasteiger partial charge in [0.15, 0.2) is 0 Å². The van der Waals surface area contributed by atoms with Crippen molar-refractivity contribution >= 4 is 5.91 Å². The number of carbonyl (C=O) groups is 1. The molecule has 1 aromatic carbocycles. The molecule has 1 aromatic heterocycles. The van der Waals surface area contributed by atoms with Gasteiger partial charge in [-0.05, 0) is 37.3 Å². The van der Waals surface area contributed by atoms with Gasteiger partial charge >= 0.3 is 0 Å². The van der Waals surface area contributed by atoms with E-state index >= 15 is 0 Å². The summed E-state index contributed by atoms with van der Waals surface area (Å²) in [6.07, 6.45) is 1.51. The van der Waals surface area contributed by atoms with Crippen molar-refractivity contribution in [3.05, 3.63) is 59.3 Å². The molecule has 21 heavy (non-hydrogen) atoms. The highest BCUT2D eigenvalue weighted by molar-refractivity contribution is 5.94. The van der Waals surface area contributed by atoms with Crippen LogP contribution in [-0.4, -0.2) is 17.6 Å². The van der Waals surface area contributed by atoms with Gasteiger partial charge in [0.2, 0.25) is 0 Å². The maximum Gasteiger partial charge on any atom is 0.254 e. The van der Waals surface area contributed by atoms with Crippen LogP contribution >= 0.6 is 0 Å². The van der Waals surface area contributed by atoms with Gasteiger partial charge in [-0.3, -0.25) is 4.79 Å². The van der Waals surface area contributed by atoms with E-state index in [0.717, 1.165) is 6.07 Å². The number of nitrogens with one attached hydrogen (secondary N) is 1. The molecule has 2 rings (SSSR count). The maximum atomic E-state index is 13.9. The number of amides is 1. The molecule has 1 atom stereocenters. The van der Waals surface area contributed by atoms with Crippen LogP contribution in [0.1, 0.15) is 34.6 Å². The predicted octanol–water partition coefficient (Wildman–Crippen LogP) is 2.25. The molecule has 0 radical (unpaired) electrons. The van der Waals surface area contributed by atoms with E-state index in [9.17, 15) is 9.18 Å². The van der Waals surface area contributed by atoms with Gasteiger partial charge in [0, 0.05) is 5.56 Å². The van der Waals surface area contributed by atoms with E-state index in [2.05, 4.69) is 17.2 Å². The Morgan fingerprint density at radius 1 is 1.48 bits per heavy atom. The number of carbonyl (C=O) groups excluding carboxylic acids is 1. The smallest absolute Gasteiger partial charge is 0.254 e. The topological polar surface area (TPSA) is 62.5 Å². The zero-order chi connectivity index (χ0) is 15.2. The Hall–Kier alpha value is -2.58. The number of furan rings is 1. The van der Waals surface area contributed by atoms with Crippen molar-refractivity contribution in [2.24, 2.45) is 0 Å². The number of hydrogen-bond acceptors (Lipinski definition) is 3. The van der Waals surface area contributed by atoms with Crippen molar-refractivity contribution in [2.75, 3.05) is 6.61 Å². The van der Waals surface area contributed by atoms with Gasteiger partial charge in [0.05, 0.1) is 17.9 Å². The molecular weight excluding hydrogens is 273 g/mol. The van der Waals surface area contributed by atoms with Gasteiger partial charge in [-0.15, -0.1) is 0 Å². The summed E-state index contributed by atoms with van der Waals surface area (Å²) < 4.78 is 19.1. The lowest BCUT2D eigenvalue weighted by Gasteiger charge is -2.12. The molecule has 1 unspecified atom stereocenters. The number of benzene rings is 1. The second kappa shape index (κ2) is 6.73. The lowest BCUT2D eigenvalue weighted by Crippen LogP contribution is -2.27. The number of aliphatic hydroxyl groups excluding tert-OH is 1. The molecule has 1 amide bonds. The second-order valence-electron chi connectivity index (χ2n) is 4.37. The summed E-state index contributed by atoms with van der Waals surface area (Å²) in [6, 6.07) is 7.14. The zero-order valence-corrected chi connectivity index (χ0v) is 11.4. The van der Waals surface area contributed by atoms with Gasteiger partial charge in [0.25, 0.3) is 5.91 Å². The maximum absolute atomic E-state index is 13.9. The average molecular weight is 287 g/mol. The number of aliphatic hydroxyl groups is 1. The molecule has 0 saturated heterocycles. The lowest BCUT2D eigenvalue weighted by molar-refractivity contribution is 0.0931. The van der Waals surface area contributed by atoms with E-state index in [4.69, 9.17) is 9.52 Å². The summed E-state index contributed by atoms with van der Waals surface area (Å²) in [4.78, 5) is 12.0. The average Bonchev–Trinajstić information content (AvgIpc) is 2.99. The second-order valence-corrected chi connectivity index (χ2v) is 4.37. The van der Waals surface area contributed by atoms with Crippen molar-refractivity contribution in [2.45, 2.75) is 13.0 Å². The van der Waals surface area contributed by atoms with E-state index in [0.29, 0.717) is 11.3 Å². The fourth-order valence-electron chi connectivity index (χ4n) is 1.80. The Balaban J connectivity index is 2.12. The fourth-order valence-corrected chi connectivity index (χ4v) is 1.80. The van der Waals surface area contributed by atoms with Crippen molar-refractivity contribution in [3.8, 4) is 11.8 Å². The molecule has 4 nitrogen and oxygen atoms in total. The third-order valence-electron chi connectivity index (χ3n) is 2.84. The minimum Gasteiger partial charge on any atom is -0.467 e. The summed E-state index contributed by atoms with van der Waals surface area (Å²) in [6.45, 7) is 1.44. The highest BCUT2D eigenvalue weighted by atomic mass is 19.1. The summed E-state index contributed by atoms with van der Waals surface area (Å²) in [5.74, 6) is 4.39. The Labute approximate surface area is 121 Å². The van der Waals surface area contributed by atoms with Gasteiger partial charge in [-0.25, -0.2) is 4.39 Å². The highest BCUT2D eigenvalue weighted by Gasteiger charge is 2.16. The van der Waals surface area contributed by atoms with E-state index in [1.165, 1.54) is 18.4 Å². The van der Waals surface area contributed by atoms with Crippen LogP contribution in [0, 0.1) is 17.7 Å². The van der Waals surface area contributed by atoms with Gasteiger partial charge in [-0.2, -0.15) is 0 Å². The lowest BCUT2D eigenvalue weighted by atomic mass is 10.1. The minimum absolute atomic E-state index is 0.0667. The highest BCUT2D eigenvalue weighted by Crippen LogP contribution is 2.15. The Morgan fingerprint density at radius 2 is 2.29 bits per heavy atom. The van der Waals surface area contributed by atoms with Crippen LogP contribution in [0.3, 0.4) is 0 Å². The van der Waals surface area contributed by atoms with Crippen molar-refractivity contribution in [1.82, 2.24) is 5.32 Å². The molecule has 0 spiro atoms. The monoisotopic (exact) mass is 287 g/mol. The molecule has 0 aliphatic heterocycles. The molecule has 0 aliphatic rings. The molecule has 108 valence electrons. The number of rotatable bonds is 3. The molecule has 5 heteroatoms. The van der Waals surface area contributed by atoms with Gasteiger partial charge < -0.3 is 14.8 Å². The molecular formula is C16H14FNO3. The first-order valence-corrected chi connectivity index (χ1v) is 6.35. The predicted molar refractivity (Wildman–Crippen MR) is 75.0 cm³/mol. The van der Waals surface area contributed by atoms with Crippen molar-refractivity contribution in [3.63, 3.8) is 0 Å². The quantitative estimate of drug-likeness (QED) is 0.851. The van der Waals surface area contributed by atoms with Crippen LogP contribution in [0.2, 0.25) is 0 Å². The van der Waals surface area contributed by atoms with Gasteiger partial charge in [-0.1, -0.05) is 11.8 Å². The normalized spacial score (nSPS) is 11.4. The Morgan fingerprint density at radius 3 is 2.90 bits per heavy atom. The molecule has 0 bridgehead atoms. The van der Waals surface area contributed by atoms with Crippen LogP contribution in [0.4, 0.5) is 4.39 Å². The summed E-state index contributed by atoms with van der Waals surface area (Å²) >= 11 is 0. The first-order chi connectivity index (χ1) is 10.1. The number of halogens is 1. The van der Waals surface area contributed by atoms with Crippen LogP contribution in [0.25, 0.3) is 0 Å². The largest absolute Gasteiger partial charge is 0.467 e. The SMILES string of the molecule is CC(NC(=O)c1ccc(C#CCO)cc1F)c1ccco1. The third kappa shape index (κ3) is 3.71. The van der Waals surface area contributed by atoms with Gasteiger partial charge in [0.1, 0.15) is 18.2 Å². The molecule has 0 fully saturated rings. The number of hydrogen-bond donors (Lipinski definition) is 2. The van der Waals surface area contributed by atoms with E-state index in [1.54, 1.807) is 19.1 Å². The van der Waals surface area contributed by atoms with Crippen LogP contribution in [0.15, 0.2) is 41.0 Å². The summed E-state index contributed by atoms with van der Waals surface area (Å²) in [5.41, 5.74) is 0.333. The first kappa shape index (κ1) is 14.8. The zero-order valence-electron chi connectivity index (χ0n) is 11.4. The molecule has 2 aromatic rings.